The van der Waals surface area contributed by atoms with Crippen molar-refractivity contribution in [1.82, 2.24) is 0 Å². The molecular formula is C15H14N2O3. The molecule has 0 spiro atoms. The molecule has 0 unspecified atom stereocenters. The zero-order chi connectivity index (χ0) is 14.4. The lowest BCUT2D eigenvalue weighted by Crippen LogP contribution is -2.29. The van der Waals surface area contributed by atoms with Crippen molar-refractivity contribution in [3.63, 3.8) is 0 Å². The number of benzene rings is 2. The number of anilines is 2. The Balaban J connectivity index is 1.99. The predicted molar refractivity (Wildman–Crippen MR) is 76.7 cm³/mol. The Morgan fingerprint density at radius 1 is 0.850 bits per heavy atom. The van der Waals surface area contributed by atoms with Crippen LogP contribution < -0.4 is 15.4 Å². The number of amides is 2. The molecule has 5 heteroatoms. The largest absolute Gasteiger partial charge is 0.497 e. The molecule has 20 heavy (non-hydrogen) atoms. The van der Waals surface area contributed by atoms with Crippen LogP contribution in [0.4, 0.5) is 11.4 Å². The Kier molecular flexibility index (Phi) is 4.34. The summed E-state index contributed by atoms with van der Waals surface area (Å²) in [5.74, 6) is -0.854. The Hall–Kier alpha value is -2.82. The topological polar surface area (TPSA) is 67.4 Å². The first-order valence-corrected chi connectivity index (χ1v) is 6.00. The molecule has 0 saturated carbocycles. The number of carbonyl (C=O) groups excluding carboxylic acids is 2. The van der Waals surface area contributed by atoms with Crippen LogP contribution in [0.2, 0.25) is 0 Å². The molecule has 0 atom stereocenters. The van der Waals surface area contributed by atoms with Gasteiger partial charge in [-0.25, -0.2) is 0 Å². The summed E-state index contributed by atoms with van der Waals surface area (Å²) in [5.41, 5.74) is 1.07. The molecule has 0 saturated heterocycles. The van der Waals surface area contributed by atoms with Crippen molar-refractivity contribution in [3.05, 3.63) is 54.6 Å². The SMILES string of the molecule is COc1cccc(NC(=O)C(=O)Nc2ccccc2)c1. The van der Waals surface area contributed by atoms with Crippen molar-refractivity contribution in [2.45, 2.75) is 0 Å². The van der Waals surface area contributed by atoms with Crippen LogP contribution in [0.25, 0.3) is 0 Å². The lowest BCUT2D eigenvalue weighted by atomic mass is 10.3. The first-order chi connectivity index (χ1) is 9.69. The van der Waals surface area contributed by atoms with Crippen LogP contribution in [0.15, 0.2) is 54.6 Å². The summed E-state index contributed by atoms with van der Waals surface area (Å²) in [6.45, 7) is 0. The number of methoxy groups -OCH3 is 1. The molecule has 0 aliphatic rings. The maximum atomic E-state index is 11.8. The molecule has 0 aromatic heterocycles. The molecule has 2 aromatic rings. The lowest BCUT2D eigenvalue weighted by molar-refractivity contribution is -0.132. The van der Waals surface area contributed by atoms with Gasteiger partial charge in [-0.05, 0) is 24.3 Å². The number of ether oxygens (including phenoxy) is 1. The molecule has 0 aliphatic heterocycles. The van der Waals surface area contributed by atoms with E-state index in [0.29, 0.717) is 17.1 Å². The third kappa shape index (κ3) is 3.58. The van der Waals surface area contributed by atoms with Gasteiger partial charge in [0.15, 0.2) is 0 Å². The quantitative estimate of drug-likeness (QED) is 0.841. The van der Waals surface area contributed by atoms with Crippen LogP contribution in [0.1, 0.15) is 0 Å². The van der Waals surface area contributed by atoms with Gasteiger partial charge >= 0.3 is 11.8 Å². The Labute approximate surface area is 116 Å². The van der Waals surface area contributed by atoms with Gasteiger partial charge in [0, 0.05) is 17.4 Å². The smallest absolute Gasteiger partial charge is 0.314 e. The first kappa shape index (κ1) is 13.6. The highest BCUT2D eigenvalue weighted by molar-refractivity contribution is 6.43. The molecule has 2 rings (SSSR count). The van der Waals surface area contributed by atoms with Crippen molar-refractivity contribution in [2.75, 3.05) is 17.7 Å². The van der Waals surface area contributed by atoms with E-state index in [0.717, 1.165) is 0 Å². The number of rotatable bonds is 3. The van der Waals surface area contributed by atoms with Gasteiger partial charge in [-0.3, -0.25) is 9.59 Å². The maximum absolute atomic E-state index is 11.8. The third-order valence-electron chi connectivity index (χ3n) is 2.57. The summed E-state index contributed by atoms with van der Waals surface area (Å²) in [6, 6.07) is 15.6. The molecule has 5 nitrogen and oxygen atoms in total. The van der Waals surface area contributed by atoms with E-state index >= 15 is 0 Å². The Morgan fingerprint density at radius 3 is 2.10 bits per heavy atom. The summed E-state index contributed by atoms with van der Waals surface area (Å²) >= 11 is 0. The van der Waals surface area contributed by atoms with E-state index in [-0.39, 0.29) is 0 Å². The van der Waals surface area contributed by atoms with E-state index in [1.54, 1.807) is 48.5 Å². The van der Waals surface area contributed by atoms with Crippen LogP contribution in [-0.4, -0.2) is 18.9 Å². The number of nitrogens with one attached hydrogen (secondary N) is 2. The van der Waals surface area contributed by atoms with Gasteiger partial charge in [-0.15, -0.1) is 0 Å². The van der Waals surface area contributed by atoms with Crippen LogP contribution in [0, 0.1) is 0 Å². The summed E-state index contributed by atoms with van der Waals surface area (Å²) in [7, 11) is 1.53. The molecule has 0 aliphatic carbocycles. The second kappa shape index (κ2) is 6.38. The average Bonchev–Trinajstić information content (AvgIpc) is 2.48. The molecule has 0 fully saturated rings. The summed E-state index contributed by atoms with van der Waals surface area (Å²) < 4.78 is 5.04. The maximum Gasteiger partial charge on any atom is 0.314 e. The minimum atomic E-state index is -0.734. The zero-order valence-corrected chi connectivity index (χ0v) is 10.9. The van der Waals surface area contributed by atoms with Crippen molar-refractivity contribution < 1.29 is 14.3 Å². The van der Waals surface area contributed by atoms with E-state index in [1.807, 2.05) is 6.07 Å². The second-order valence-corrected chi connectivity index (χ2v) is 4.01. The molecular weight excluding hydrogens is 256 g/mol. The van der Waals surface area contributed by atoms with Crippen LogP contribution in [-0.2, 0) is 9.59 Å². The van der Waals surface area contributed by atoms with Crippen molar-refractivity contribution in [2.24, 2.45) is 0 Å². The highest BCUT2D eigenvalue weighted by Crippen LogP contribution is 2.16. The van der Waals surface area contributed by atoms with Crippen molar-refractivity contribution in [3.8, 4) is 5.75 Å². The normalized spacial score (nSPS) is 9.65. The van der Waals surface area contributed by atoms with E-state index in [4.69, 9.17) is 4.74 Å². The van der Waals surface area contributed by atoms with Gasteiger partial charge in [0.05, 0.1) is 7.11 Å². The monoisotopic (exact) mass is 270 g/mol. The number of hydrogen-bond donors (Lipinski definition) is 2. The lowest BCUT2D eigenvalue weighted by Gasteiger charge is -2.07. The fourth-order valence-corrected chi connectivity index (χ4v) is 1.60. The average molecular weight is 270 g/mol. The highest BCUT2D eigenvalue weighted by atomic mass is 16.5. The predicted octanol–water partition coefficient (Wildman–Crippen LogP) is 2.27. The summed E-state index contributed by atoms with van der Waals surface area (Å²) in [5, 5.41) is 5.01. The van der Waals surface area contributed by atoms with E-state index < -0.39 is 11.8 Å². The molecule has 0 heterocycles. The van der Waals surface area contributed by atoms with Crippen molar-refractivity contribution >= 4 is 23.2 Å². The minimum absolute atomic E-state index is 0.498. The van der Waals surface area contributed by atoms with Gasteiger partial charge in [0.1, 0.15) is 5.75 Å². The van der Waals surface area contributed by atoms with Crippen LogP contribution in [0.3, 0.4) is 0 Å². The summed E-state index contributed by atoms with van der Waals surface area (Å²) in [4.78, 5) is 23.5. The molecule has 2 aromatic carbocycles. The zero-order valence-electron chi connectivity index (χ0n) is 10.9. The first-order valence-electron chi connectivity index (χ1n) is 6.00. The van der Waals surface area contributed by atoms with E-state index in [1.165, 1.54) is 7.11 Å². The van der Waals surface area contributed by atoms with Crippen LogP contribution >= 0.6 is 0 Å². The molecule has 0 radical (unpaired) electrons. The second-order valence-electron chi connectivity index (χ2n) is 4.01. The minimum Gasteiger partial charge on any atom is -0.497 e. The van der Waals surface area contributed by atoms with Gasteiger partial charge in [0.2, 0.25) is 0 Å². The number of hydrogen-bond acceptors (Lipinski definition) is 3. The summed E-state index contributed by atoms with van der Waals surface area (Å²) in [6.07, 6.45) is 0. The number of carbonyl (C=O) groups is 2. The fourth-order valence-electron chi connectivity index (χ4n) is 1.60. The van der Waals surface area contributed by atoms with Gasteiger partial charge < -0.3 is 15.4 Å². The molecule has 2 N–H and O–H groups in total. The van der Waals surface area contributed by atoms with Gasteiger partial charge in [0.25, 0.3) is 0 Å². The Morgan fingerprint density at radius 2 is 1.45 bits per heavy atom. The van der Waals surface area contributed by atoms with Crippen LogP contribution in [0.5, 0.6) is 5.75 Å². The van der Waals surface area contributed by atoms with E-state index in [9.17, 15) is 9.59 Å². The fraction of sp³-hybridized carbons (Fsp3) is 0.0667. The molecule has 102 valence electrons. The van der Waals surface area contributed by atoms with Gasteiger partial charge in [-0.1, -0.05) is 24.3 Å². The standard InChI is InChI=1S/C15H14N2O3/c1-20-13-9-5-8-12(10-13)17-15(19)14(18)16-11-6-3-2-4-7-11/h2-10H,1H3,(H,16,18)(H,17,19). The van der Waals surface area contributed by atoms with Gasteiger partial charge in [-0.2, -0.15) is 0 Å². The highest BCUT2D eigenvalue weighted by Gasteiger charge is 2.13. The Bertz CT molecular complexity index is 612. The third-order valence-corrected chi connectivity index (χ3v) is 2.57. The molecule has 0 bridgehead atoms. The van der Waals surface area contributed by atoms with Crippen molar-refractivity contribution in [1.29, 1.82) is 0 Å². The number of para-hydroxylation sites is 1. The van der Waals surface area contributed by atoms with E-state index in [2.05, 4.69) is 10.6 Å². The molecule has 2 amide bonds.